The Hall–Kier alpha value is -2.66. The predicted octanol–water partition coefficient (Wildman–Crippen LogP) is 4.89. The van der Waals surface area contributed by atoms with Crippen molar-refractivity contribution in [1.29, 1.82) is 0 Å². The zero-order chi connectivity index (χ0) is 17.8. The van der Waals surface area contributed by atoms with Gasteiger partial charge in [0.1, 0.15) is 5.75 Å². The number of para-hydroxylation sites is 1. The van der Waals surface area contributed by atoms with E-state index >= 15 is 0 Å². The molecule has 0 aliphatic rings. The number of carbonyl (C=O) groups excluding carboxylic acids is 1. The Morgan fingerprint density at radius 3 is 2.52 bits per heavy atom. The largest absolute Gasteiger partial charge is 0.481 e. The first-order valence-electron chi connectivity index (χ1n) is 8.09. The highest BCUT2D eigenvalue weighted by atomic mass is 32.1. The lowest BCUT2D eigenvalue weighted by molar-refractivity contribution is -0.123. The summed E-state index contributed by atoms with van der Waals surface area (Å²) >= 11 is 1.45. The summed E-state index contributed by atoms with van der Waals surface area (Å²) in [5.41, 5.74) is 2.76. The van der Waals surface area contributed by atoms with Crippen molar-refractivity contribution in [3.8, 4) is 5.75 Å². The average molecular weight is 352 g/mol. The maximum Gasteiger partial charge on any atom is 0.274 e. The van der Waals surface area contributed by atoms with Crippen molar-refractivity contribution in [2.45, 2.75) is 26.9 Å². The number of amides is 1. The highest BCUT2D eigenvalue weighted by Gasteiger charge is 2.27. The van der Waals surface area contributed by atoms with Crippen LogP contribution in [0.5, 0.6) is 5.75 Å². The lowest BCUT2D eigenvalue weighted by atomic mass is 10.2. The van der Waals surface area contributed by atoms with Crippen molar-refractivity contribution in [2.75, 3.05) is 4.90 Å². The van der Waals surface area contributed by atoms with Gasteiger partial charge in [-0.15, -0.1) is 11.3 Å². The minimum Gasteiger partial charge on any atom is -0.481 e. The third kappa shape index (κ3) is 4.06. The normalized spacial score (nSPS) is 11.8. The monoisotopic (exact) mass is 352 g/mol. The molecule has 2 aromatic carbocycles. The van der Waals surface area contributed by atoms with Crippen LogP contribution in [0.25, 0.3) is 0 Å². The number of rotatable bonds is 5. The second kappa shape index (κ2) is 7.49. The summed E-state index contributed by atoms with van der Waals surface area (Å²) in [4.78, 5) is 19.2. The van der Waals surface area contributed by atoms with Gasteiger partial charge in [-0.25, -0.2) is 4.98 Å². The molecule has 1 amide bonds. The zero-order valence-corrected chi connectivity index (χ0v) is 15.3. The smallest absolute Gasteiger partial charge is 0.274 e. The quantitative estimate of drug-likeness (QED) is 0.656. The highest BCUT2D eigenvalue weighted by molar-refractivity contribution is 7.14. The van der Waals surface area contributed by atoms with E-state index in [0.717, 1.165) is 16.9 Å². The molecule has 0 aliphatic carbocycles. The molecule has 0 bridgehead atoms. The molecule has 0 saturated carbocycles. The molecule has 1 unspecified atom stereocenters. The molecule has 0 radical (unpaired) electrons. The number of anilines is 2. The van der Waals surface area contributed by atoms with E-state index in [0.29, 0.717) is 10.9 Å². The maximum absolute atomic E-state index is 13.1. The van der Waals surface area contributed by atoms with Gasteiger partial charge in [-0.05, 0) is 50.6 Å². The van der Waals surface area contributed by atoms with Crippen LogP contribution >= 0.6 is 11.3 Å². The van der Waals surface area contributed by atoms with Gasteiger partial charge in [0.25, 0.3) is 5.91 Å². The van der Waals surface area contributed by atoms with E-state index in [1.54, 1.807) is 11.8 Å². The van der Waals surface area contributed by atoms with Crippen molar-refractivity contribution in [2.24, 2.45) is 0 Å². The van der Waals surface area contributed by atoms with Gasteiger partial charge in [0.05, 0.1) is 11.4 Å². The van der Waals surface area contributed by atoms with E-state index in [4.69, 9.17) is 4.74 Å². The molecule has 0 spiro atoms. The van der Waals surface area contributed by atoms with Gasteiger partial charge < -0.3 is 4.74 Å². The predicted molar refractivity (Wildman–Crippen MR) is 102 cm³/mol. The van der Waals surface area contributed by atoms with E-state index < -0.39 is 6.10 Å². The summed E-state index contributed by atoms with van der Waals surface area (Å²) in [5, 5.41) is 2.58. The Balaban J connectivity index is 1.88. The Bertz CT molecular complexity index is 861. The number of aryl methyl sites for hydroxylation is 2. The number of benzene rings is 2. The number of nitrogens with zero attached hydrogens (tertiary/aromatic N) is 2. The standard InChI is InChI=1S/C20H20N2O2S/c1-14-8-7-11-18(12-14)24-16(3)19(23)22(17-9-5-4-6-10-17)20-21-15(2)13-25-20/h4-13,16H,1-3H3. The number of ether oxygens (including phenoxy) is 1. The van der Waals surface area contributed by atoms with Crippen LogP contribution in [0.2, 0.25) is 0 Å². The summed E-state index contributed by atoms with van der Waals surface area (Å²) < 4.78 is 5.87. The fourth-order valence-corrected chi connectivity index (χ4v) is 3.30. The first-order chi connectivity index (χ1) is 12.0. The third-order valence-corrected chi connectivity index (χ3v) is 4.63. The van der Waals surface area contributed by atoms with Gasteiger partial charge >= 0.3 is 0 Å². The number of hydrogen-bond donors (Lipinski definition) is 0. The summed E-state index contributed by atoms with van der Waals surface area (Å²) in [6.45, 7) is 5.68. The van der Waals surface area contributed by atoms with Gasteiger partial charge in [0.15, 0.2) is 11.2 Å². The number of aromatic nitrogens is 1. The molecule has 0 aliphatic heterocycles. The van der Waals surface area contributed by atoms with E-state index in [1.807, 2.05) is 73.8 Å². The average Bonchev–Trinajstić information content (AvgIpc) is 3.02. The molecule has 25 heavy (non-hydrogen) atoms. The second-order valence-electron chi connectivity index (χ2n) is 5.86. The fourth-order valence-electron chi connectivity index (χ4n) is 2.48. The minimum atomic E-state index is -0.633. The molecular formula is C20H20N2O2S. The number of carbonyl (C=O) groups is 1. The molecule has 4 nitrogen and oxygen atoms in total. The maximum atomic E-state index is 13.1. The van der Waals surface area contributed by atoms with E-state index in [-0.39, 0.29) is 5.91 Å². The van der Waals surface area contributed by atoms with Gasteiger partial charge in [-0.1, -0.05) is 30.3 Å². The summed E-state index contributed by atoms with van der Waals surface area (Å²) in [5.74, 6) is 0.534. The van der Waals surface area contributed by atoms with Crippen LogP contribution in [0.15, 0.2) is 60.0 Å². The van der Waals surface area contributed by atoms with Crippen molar-refractivity contribution in [3.63, 3.8) is 0 Å². The molecule has 128 valence electrons. The summed E-state index contributed by atoms with van der Waals surface area (Å²) in [6, 6.07) is 17.2. The van der Waals surface area contributed by atoms with Crippen LogP contribution in [0, 0.1) is 13.8 Å². The Kier molecular flexibility index (Phi) is 5.14. The van der Waals surface area contributed by atoms with E-state index in [9.17, 15) is 4.79 Å². The number of thiazole rings is 1. The Morgan fingerprint density at radius 1 is 1.12 bits per heavy atom. The van der Waals surface area contributed by atoms with E-state index in [1.165, 1.54) is 11.3 Å². The lowest BCUT2D eigenvalue weighted by Gasteiger charge is -2.24. The molecular weight excluding hydrogens is 332 g/mol. The Morgan fingerprint density at radius 2 is 1.88 bits per heavy atom. The third-order valence-electron chi connectivity index (χ3n) is 3.68. The minimum absolute atomic E-state index is 0.151. The molecule has 0 N–H and O–H groups in total. The Labute approximate surface area is 151 Å². The molecule has 1 aromatic heterocycles. The first-order valence-corrected chi connectivity index (χ1v) is 8.97. The SMILES string of the molecule is Cc1cccc(OC(C)C(=O)N(c2ccccc2)c2nc(C)cs2)c1. The van der Waals surface area contributed by atoms with Gasteiger partial charge in [0.2, 0.25) is 0 Å². The molecule has 1 heterocycles. The molecule has 5 heteroatoms. The summed E-state index contributed by atoms with van der Waals surface area (Å²) in [7, 11) is 0. The number of hydrogen-bond acceptors (Lipinski definition) is 4. The molecule has 0 saturated heterocycles. The zero-order valence-electron chi connectivity index (χ0n) is 14.5. The van der Waals surface area contributed by atoms with Gasteiger partial charge in [0, 0.05) is 5.38 Å². The van der Waals surface area contributed by atoms with Crippen LogP contribution in [0.1, 0.15) is 18.2 Å². The van der Waals surface area contributed by atoms with Crippen LogP contribution in [-0.4, -0.2) is 17.0 Å². The topological polar surface area (TPSA) is 42.4 Å². The first kappa shape index (κ1) is 17.2. The van der Waals surface area contributed by atoms with Crippen molar-refractivity contribution >= 4 is 28.1 Å². The highest BCUT2D eigenvalue weighted by Crippen LogP contribution is 2.29. The van der Waals surface area contributed by atoms with Crippen molar-refractivity contribution < 1.29 is 9.53 Å². The lowest BCUT2D eigenvalue weighted by Crippen LogP contribution is -2.37. The van der Waals surface area contributed by atoms with Crippen LogP contribution in [0.4, 0.5) is 10.8 Å². The molecule has 1 atom stereocenters. The van der Waals surface area contributed by atoms with E-state index in [2.05, 4.69) is 4.98 Å². The molecule has 3 rings (SSSR count). The second-order valence-corrected chi connectivity index (χ2v) is 6.69. The van der Waals surface area contributed by atoms with Crippen LogP contribution < -0.4 is 9.64 Å². The summed E-state index contributed by atoms with van der Waals surface area (Å²) in [6.07, 6.45) is -0.633. The van der Waals surface area contributed by atoms with Crippen molar-refractivity contribution in [3.05, 3.63) is 71.2 Å². The van der Waals surface area contributed by atoms with Gasteiger partial charge in [-0.3, -0.25) is 9.69 Å². The van der Waals surface area contributed by atoms with Gasteiger partial charge in [-0.2, -0.15) is 0 Å². The van der Waals surface area contributed by atoms with Crippen molar-refractivity contribution in [1.82, 2.24) is 4.98 Å². The fraction of sp³-hybridized carbons (Fsp3) is 0.200. The molecule has 0 fully saturated rings. The van der Waals surface area contributed by atoms with Crippen LogP contribution in [-0.2, 0) is 4.79 Å². The van der Waals surface area contributed by atoms with Crippen LogP contribution in [0.3, 0.4) is 0 Å². The molecule has 3 aromatic rings.